The summed E-state index contributed by atoms with van der Waals surface area (Å²) in [4.78, 5) is 16.2. The Bertz CT molecular complexity index is 1160. The number of rotatable bonds is 8. The van der Waals surface area contributed by atoms with Gasteiger partial charge in [0.2, 0.25) is 0 Å². The molecule has 19 atom stereocenters. The van der Waals surface area contributed by atoms with E-state index in [4.69, 9.17) is 33.2 Å². The molecule has 0 aliphatic carbocycles. The Balaban J connectivity index is 1.83. The second-order valence-electron chi connectivity index (χ2n) is 16.9. The largest absolute Gasteiger partial charge is 0.459 e. The molecule has 13 heteroatoms. The third-order valence-corrected chi connectivity index (χ3v) is 12.8. The Hall–Kier alpha value is -0.970. The summed E-state index contributed by atoms with van der Waals surface area (Å²) >= 11 is 0. The van der Waals surface area contributed by atoms with Crippen LogP contribution in [-0.2, 0) is 38.0 Å². The van der Waals surface area contributed by atoms with E-state index in [1.165, 1.54) is 14.0 Å². The highest BCUT2D eigenvalue weighted by atomic mass is 16.7. The summed E-state index contributed by atoms with van der Waals surface area (Å²) in [7, 11) is 3.50. The first-order valence-corrected chi connectivity index (χ1v) is 19.2. The lowest BCUT2D eigenvalue weighted by atomic mass is 9.76. The molecule has 4 aliphatic rings. The van der Waals surface area contributed by atoms with Crippen LogP contribution >= 0.6 is 0 Å². The summed E-state index contributed by atoms with van der Waals surface area (Å²) in [6.45, 7) is 21.1. The number of ether oxygens (including phenoxy) is 7. The lowest BCUT2D eigenvalue weighted by Crippen LogP contribution is -2.60. The van der Waals surface area contributed by atoms with Crippen molar-refractivity contribution in [1.29, 1.82) is 0 Å². The van der Waals surface area contributed by atoms with Crippen LogP contribution in [0.5, 0.6) is 0 Å². The van der Waals surface area contributed by atoms with Crippen molar-refractivity contribution in [2.75, 3.05) is 20.7 Å². The Kier molecular flexibility index (Phi) is 13.8. The van der Waals surface area contributed by atoms with Crippen molar-refractivity contribution < 1.29 is 58.4 Å². The molecule has 0 aromatic rings. The van der Waals surface area contributed by atoms with Gasteiger partial charge >= 0.3 is 5.97 Å². The zero-order valence-electron chi connectivity index (χ0n) is 33.3. The highest BCUT2D eigenvalue weighted by molar-refractivity contribution is 5.73. The zero-order chi connectivity index (χ0) is 38.4. The predicted molar refractivity (Wildman–Crippen MR) is 189 cm³/mol. The summed E-state index contributed by atoms with van der Waals surface area (Å²) in [6.07, 6.45) is -7.50. The van der Waals surface area contributed by atoms with E-state index in [1.54, 1.807) is 27.7 Å². The molecule has 51 heavy (non-hydrogen) atoms. The molecule has 0 spiro atoms. The average Bonchev–Trinajstić information content (AvgIpc) is 3.40. The van der Waals surface area contributed by atoms with Crippen molar-refractivity contribution in [1.82, 2.24) is 4.90 Å². The van der Waals surface area contributed by atoms with Crippen LogP contribution in [0.2, 0.25) is 0 Å². The number of esters is 1. The van der Waals surface area contributed by atoms with Gasteiger partial charge in [-0.2, -0.15) is 0 Å². The summed E-state index contributed by atoms with van der Waals surface area (Å²) in [6, 6.07) is -0.211. The minimum absolute atomic E-state index is 0.0578. The van der Waals surface area contributed by atoms with E-state index in [2.05, 4.69) is 11.8 Å². The van der Waals surface area contributed by atoms with E-state index in [0.29, 0.717) is 12.8 Å². The summed E-state index contributed by atoms with van der Waals surface area (Å²) < 4.78 is 45.0. The van der Waals surface area contributed by atoms with Crippen molar-refractivity contribution >= 4 is 5.97 Å². The van der Waals surface area contributed by atoms with E-state index in [1.807, 2.05) is 41.7 Å². The number of aliphatic hydroxyl groups excluding tert-OH is 3. The van der Waals surface area contributed by atoms with Gasteiger partial charge < -0.3 is 58.5 Å². The first kappa shape index (κ1) is 42.8. The quantitative estimate of drug-likeness (QED) is 0.270. The van der Waals surface area contributed by atoms with Gasteiger partial charge in [0.05, 0.1) is 53.7 Å². The number of nitrogens with zero attached hydrogens (tertiary/aromatic N) is 1. The lowest BCUT2D eigenvalue weighted by Gasteiger charge is -2.49. The van der Waals surface area contributed by atoms with Gasteiger partial charge in [-0.3, -0.25) is 4.79 Å². The van der Waals surface area contributed by atoms with E-state index < -0.39 is 102 Å². The highest BCUT2D eigenvalue weighted by Crippen LogP contribution is 2.48. The van der Waals surface area contributed by atoms with Gasteiger partial charge in [-0.1, -0.05) is 34.6 Å². The van der Waals surface area contributed by atoms with Crippen LogP contribution < -0.4 is 0 Å². The van der Waals surface area contributed by atoms with Crippen LogP contribution in [0.25, 0.3) is 0 Å². The standard InChI is InChI=1S/C38H69NO12/c1-14-26-38(11,44)31(41)21(5)29-19(3)17-37(10,51-29)33(50-35-28(40)25(39(12)15-2)16-20(4)46-35)22(6)30(23(7)34(43)48-26)49-27-18-36(9,45-13)32(42)24(8)47-27/h19-33,35,40-42,44H,14-18H2,1-13H3/t19?,20-,21-,22?,23?,24+,25+,26?,27-,28-,29?,30+,31-,32+,33-,35-,36-,37+,38-/m1/s1. The predicted octanol–water partition coefficient (Wildman–Crippen LogP) is 3.01. The van der Waals surface area contributed by atoms with Gasteiger partial charge in [0.15, 0.2) is 12.6 Å². The topological polar surface area (TPSA) is 166 Å². The number of carbonyl (C=O) groups excluding carboxylic acids is 1. The maximum absolute atomic E-state index is 14.2. The number of aliphatic hydroxyl groups is 4. The molecule has 4 rings (SSSR count). The fraction of sp³-hybridized carbons (Fsp3) is 0.974. The molecule has 298 valence electrons. The number of hydrogen-bond donors (Lipinski definition) is 4. The van der Waals surface area contributed by atoms with E-state index >= 15 is 0 Å². The number of fused-ring (bicyclic) bond motifs is 2. The monoisotopic (exact) mass is 731 g/mol. The maximum Gasteiger partial charge on any atom is 0.311 e. The molecule has 13 nitrogen and oxygen atoms in total. The molecule has 0 amide bonds. The minimum atomic E-state index is -1.79. The molecule has 4 aliphatic heterocycles. The van der Waals surface area contributed by atoms with Crippen LogP contribution in [0.1, 0.15) is 102 Å². The Morgan fingerprint density at radius 2 is 1.57 bits per heavy atom. The molecule has 4 N–H and O–H groups in total. The molecular formula is C38H69NO12. The highest BCUT2D eigenvalue weighted by Gasteiger charge is 2.58. The third kappa shape index (κ3) is 8.49. The molecule has 0 aromatic heterocycles. The third-order valence-electron chi connectivity index (χ3n) is 12.8. The molecule has 0 radical (unpaired) electrons. The van der Waals surface area contributed by atoms with Crippen molar-refractivity contribution in [3.63, 3.8) is 0 Å². The van der Waals surface area contributed by atoms with Gasteiger partial charge in [-0.15, -0.1) is 0 Å². The molecular weight excluding hydrogens is 662 g/mol. The number of hydrogen-bond acceptors (Lipinski definition) is 13. The number of likely N-dealkylation sites (N-methyl/N-ethyl adjacent to an activating group) is 1. The van der Waals surface area contributed by atoms with Crippen LogP contribution in [0.15, 0.2) is 0 Å². The Morgan fingerprint density at radius 1 is 0.922 bits per heavy atom. The van der Waals surface area contributed by atoms with Crippen molar-refractivity contribution in [2.24, 2.45) is 23.7 Å². The van der Waals surface area contributed by atoms with Crippen molar-refractivity contribution in [3.8, 4) is 0 Å². The lowest BCUT2D eigenvalue weighted by molar-refractivity contribution is -0.319. The van der Waals surface area contributed by atoms with Crippen molar-refractivity contribution in [3.05, 3.63) is 0 Å². The van der Waals surface area contributed by atoms with E-state index in [0.717, 1.165) is 6.54 Å². The second kappa shape index (κ2) is 16.4. The summed E-state index contributed by atoms with van der Waals surface area (Å²) in [5.41, 5.74) is -3.76. The van der Waals surface area contributed by atoms with Crippen molar-refractivity contribution in [2.45, 2.75) is 192 Å². The first-order valence-electron chi connectivity index (χ1n) is 19.2. The van der Waals surface area contributed by atoms with Crippen LogP contribution in [0.4, 0.5) is 0 Å². The molecule has 0 saturated carbocycles. The molecule has 4 fully saturated rings. The Labute approximate surface area is 305 Å². The number of methoxy groups -OCH3 is 1. The Morgan fingerprint density at radius 3 is 2.16 bits per heavy atom. The zero-order valence-corrected chi connectivity index (χ0v) is 33.3. The fourth-order valence-electron chi connectivity index (χ4n) is 9.36. The molecule has 2 bridgehead atoms. The van der Waals surface area contributed by atoms with E-state index in [-0.39, 0.29) is 30.9 Å². The van der Waals surface area contributed by atoms with Gasteiger partial charge in [-0.05, 0) is 80.3 Å². The van der Waals surface area contributed by atoms with Crippen LogP contribution in [-0.4, -0.2) is 142 Å². The van der Waals surface area contributed by atoms with Gasteiger partial charge in [0.1, 0.15) is 23.9 Å². The number of carbonyl (C=O) groups is 1. The first-order chi connectivity index (χ1) is 23.6. The molecule has 4 saturated heterocycles. The minimum Gasteiger partial charge on any atom is -0.459 e. The molecule has 0 aromatic carbocycles. The second-order valence-corrected chi connectivity index (χ2v) is 16.9. The summed E-state index contributed by atoms with van der Waals surface area (Å²) in [5, 5.41) is 46.1. The average molecular weight is 732 g/mol. The van der Waals surface area contributed by atoms with Crippen LogP contribution in [0.3, 0.4) is 0 Å². The smallest absolute Gasteiger partial charge is 0.311 e. The molecule has 5 unspecified atom stereocenters. The maximum atomic E-state index is 14.2. The number of cyclic esters (lactones) is 1. The summed E-state index contributed by atoms with van der Waals surface area (Å²) in [5.74, 6) is -2.72. The van der Waals surface area contributed by atoms with Gasteiger partial charge in [0, 0.05) is 31.4 Å². The fourth-order valence-corrected chi connectivity index (χ4v) is 9.36. The SMILES string of the molecule is CCC1OC(=O)C(C)[C@@H](O[C@@H]2C[C@@](C)(OC)[C@@H](O)[C@H](C)O2)C(C)[C@@H](O[C@H]2O[C@H](C)C[C@H](N(C)CC)[C@H]2O)[C@]2(C)CC(C)C(O2)[C@@H](C)[C@@H](O)[C@]1(C)O. The van der Waals surface area contributed by atoms with Crippen LogP contribution in [0, 0.1) is 23.7 Å². The molecule has 4 heterocycles. The van der Waals surface area contributed by atoms with Gasteiger partial charge in [-0.25, -0.2) is 0 Å². The normalized spacial score (nSPS) is 51.8. The van der Waals surface area contributed by atoms with Gasteiger partial charge in [0.25, 0.3) is 0 Å². The van der Waals surface area contributed by atoms with E-state index in [9.17, 15) is 25.2 Å².